The van der Waals surface area contributed by atoms with Crippen LogP contribution in [0.25, 0.3) is 0 Å². The monoisotopic (exact) mass is 302 g/mol. The molecule has 0 aromatic heterocycles. The van der Waals surface area contributed by atoms with E-state index in [1.165, 1.54) is 19.3 Å². The lowest BCUT2D eigenvalue weighted by Crippen LogP contribution is -2.30. The third-order valence-corrected chi connectivity index (χ3v) is 3.54. The van der Waals surface area contributed by atoms with E-state index >= 15 is 0 Å². The standard InChI is InChI=1S/C17H26N4O/c1-3-4-5-6-13-22-16-9-7-15(8-10-16)14(2)20-21-17-18-11-12-19-17/h7-10H,3-6,11-13H2,1-2H3,(H2,18,19,21)/b20-14+. The van der Waals surface area contributed by atoms with Crippen LogP contribution in [0.4, 0.5) is 0 Å². The maximum atomic E-state index is 5.74. The smallest absolute Gasteiger partial charge is 0.212 e. The molecule has 0 atom stereocenters. The molecule has 2 rings (SSSR count). The van der Waals surface area contributed by atoms with Crippen LogP contribution >= 0.6 is 0 Å². The van der Waals surface area contributed by atoms with Gasteiger partial charge in [0.05, 0.1) is 18.9 Å². The van der Waals surface area contributed by atoms with Crippen molar-refractivity contribution in [1.82, 2.24) is 10.7 Å². The Labute approximate surface area is 132 Å². The number of benzene rings is 1. The molecule has 1 aliphatic heterocycles. The maximum Gasteiger partial charge on any atom is 0.212 e. The summed E-state index contributed by atoms with van der Waals surface area (Å²) in [7, 11) is 0. The van der Waals surface area contributed by atoms with Gasteiger partial charge in [0.15, 0.2) is 0 Å². The average molecular weight is 302 g/mol. The largest absolute Gasteiger partial charge is 0.494 e. The molecule has 0 saturated carbocycles. The molecule has 0 unspecified atom stereocenters. The molecule has 5 heteroatoms. The molecular weight excluding hydrogens is 276 g/mol. The highest BCUT2D eigenvalue weighted by molar-refractivity contribution is 5.99. The molecule has 120 valence electrons. The van der Waals surface area contributed by atoms with Gasteiger partial charge >= 0.3 is 0 Å². The van der Waals surface area contributed by atoms with Crippen molar-refractivity contribution in [3.63, 3.8) is 0 Å². The Hall–Kier alpha value is -2.04. The second-order valence-electron chi connectivity index (χ2n) is 5.40. The first kappa shape index (κ1) is 16.3. The molecule has 1 aliphatic rings. The highest BCUT2D eigenvalue weighted by atomic mass is 16.5. The first-order chi connectivity index (χ1) is 10.8. The molecular formula is C17H26N4O. The molecule has 2 N–H and O–H groups in total. The minimum Gasteiger partial charge on any atom is -0.494 e. The quantitative estimate of drug-likeness (QED) is 0.441. The van der Waals surface area contributed by atoms with E-state index in [1.54, 1.807) is 0 Å². The number of ether oxygens (including phenoxy) is 1. The van der Waals surface area contributed by atoms with E-state index in [4.69, 9.17) is 4.74 Å². The number of hydrogen-bond donors (Lipinski definition) is 2. The molecule has 0 saturated heterocycles. The molecule has 0 fully saturated rings. The second-order valence-corrected chi connectivity index (χ2v) is 5.40. The van der Waals surface area contributed by atoms with E-state index < -0.39 is 0 Å². The number of nitrogens with one attached hydrogen (secondary N) is 2. The van der Waals surface area contributed by atoms with E-state index in [1.807, 2.05) is 31.2 Å². The summed E-state index contributed by atoms with van der Waals surface area (Å²) in [6.07, 6.45) is 4.90. The fourth-order valence-corrected chi connectivity index (χ4v) is 2.19. The molecule has 0 radical (unpaired) electrons. The van der Waals surface area contributed by atoms with Crippen molar-refractivity contribution in [3.05, 3.63) is 29.8 Å². The summed E-state index contributed by atoms with van der Waals surface area (Å²) >= 11 is 0. The van der Waals surface area contributed by atoms with Crippen LogP contribution in [0.5, 0.6) is 5.75 Å². The van der Waals surface area contributed by atoms with E-state index in [9.17, 15) is 0 Å². The SMILES string of the molecule is CCCCCCOc1ccc(/C(C)=N/NC2=NCCN2)cc1. The highest BCUT2D eigenvalue weighted by Gasteiger charge is 2.03. The maximum absolute atomic E-state index is 5.74. The zero-order chi connectivity index (χ0) is 15.6. The van der Waals surface area contributed by atoms with Crippen LogP contribution in [0.3, 0.4) is 0 Å². The third-order valence-electron chi connectivity index (χ3n) is 3.54. The van der Waals surface area contributed by atoms with Gasteiger partial charge in [0.25, 0.3) is 0 Å². The highest BCUT2D eigenvalue weighted by Crippen LogP contribution is 2.13. The lowest BCUT2D eigenvalue weighted by Gasteiger charge is -2.07. The molecule has 0 bridgehead atoms. The summed E-state index contributed by atoms with van der Waals surface area (Å²) in [6, 6.07) is 8.07. The molecule has 0 spiro atoms. The molecule has 1 aromatic rings. The van der Waals surface area contributed by atoms with Gasteiger partial charge in [-0.3, -0.25) is 0 Å². The molecule has 1 aromatic carbocycles. The minimum atomic E-state index is 0.742. The van der Waals surface area contributed by atoms with Gasteiger partial charge in [0, 0.05) is 6.54 Å². The Morgan fingerprint density at radius 2 is 2.09 bits per heavy atom. The van der Waals surface area contributed by atoms with Gasteiger partial charge in [-0.2, -0.15) is 5.10 Å². The number of nitrogens with zero attached hydrogens (tertiary/aromatic N) is 2. The van der Waals surface area contributed by atoms with Crippen molar-refractivity contribution in [3.8, 4) is 5.75 Å². The van der Waals surface area contributed by atoms with Crippen LogP contribution in [0.2, 0.25) is 0 Å². The molecule has 5 nitrogen and oxygen atoms in total. The number of rotatable bonds is 8. The Balaban J connectivity index is 1.78. The van der Waals surface area contributed by atoms with E-state index in [-0.39, 0.29) is 0 Å². The lowest BCUT2D eigenvalue weighted by atomic mass is 10.1. The zero-order valence-corrected chi connectivity index (χ0v) is 13.6. The van der Waals surface area contributed by atoms with E-state index in [0.29, 0.717) is 0 Å². The van der Waals surface area contributed by atoms with Crippen LogP contribution in [0.1, 0.15) is 45.1 Å². The summed E-state index contributed by atoms with van der Waals surface area (Å²) in [5.41, 5.74) is 4.94. The molecule has 1 heterocycles. The summed E-state index contributed by atoms with van der Waals surface area (Å²) in [4.78, 5) is 4.24. The fraction of sp³-hybridized carbons (Fsp3) is 0.529. The second kappa shape index (κ2) is 9.07. The Kier molecular flexibility index (Phi) is 6.74. The van der Waals surface area contributed by atoms with Crippen LogP contribution in [-0.2, 0) is 0 Å². The van der Waals surface area contributed by atoms with E-state index in [0.717, 1.165) is 49.1 Å². The van der Waals surface area contributed by atoms with Gasteiger partial charge in [-0.15, -0.1) is 0 Å². The van der Waals surface area contributed by atoms with Gasteiger partial charge in [-0.1, -0.05) is 26.2 Å². The Morgan fingerprint density at radius 3 is 2.77 bits per heavy atom. The summed E-state index contributed by atoms with van der Waals surface area (Å²) in [5, 5.41) is 7.46. The molecule has 0 aliphatic carbocycles. The first-order valence-electron chi connectivity index (χ1n) is 8.11. The van der Waals surface area contributed by atoms with E-state index in [2.05, 4.69) is 27.8 Å². The average Bonchev–Trinajstić information content (AvgIpc) is 3.06. The first-order valence-corrected chi connectivity index (χ1v) is 8.11. The Morgan fingerprint density at radius 1 is 1.27 bits per heavy atom. The van der Waals surface area contributed by atoms with Crippen LogP contribution in [0, 0.1) is 0 Å². The Bertz CT molecular complexity index is 508. The predicted octanol–water partition coefficient (Wildman–Crippen LogP) is 2.92. The van der Waals surface area contributed by atoms with Crippen molar-refractivity contribution in [2.75, 3.05) is 19.7 Å². The molecule has 22 heavy (non-hydrogen) atoms. The van der Waals surface area contributed by atoms with Gasteiger partial charge < -0.3 is 10.1 Å². The summed E-state index contributed by atoms with van der Waals surface area (Å²) in [5.74, 6) is 1.66. The summed E-state index contributed by atoms with van der Waals surface area (Å²) < 4.78 is 5.74. The van der Waals surface area contributed by atoms with Crippen LogP contribution in [0.15, 0.2) is 34.4 Å². The molecule has 0 amide bonds. The van der Waals surface area contributed by atoms with Gasteiger partial charge in [0.1, 0.15) is 5.75 Å². The van der Waals surface area contributed by atoms with Crippen molar-refractivity contribution >= 4 is 11.7 Å². The number of aliphatic imine (C=N–C) groups is 1. The topological polar surface area (TPSA) is 58.0 Å². The van der Waals surface area contributed by atoms with Crippen molar-refractivity contribution in [1.29, 1.82) is 0 Å². The fourth-order valence-electron chi connectivity index (χ4n) is 2.19. The number of guanidine groups is 1. The van der Waals surface area contributed by atoms with Crippen molar-refractivity contribution < 1.29 is 4.74 Å². The normalized spacial score (nSPS) is 14.5. The van der Waals surface area contributed by atoms with Gasteiger partial charge in [-0.05, 0) is 43.2 Å². The van der Waals surface area contributed by atoms with Gasteiger partial charge in [-0.25, -0.2) is 10.4 Å². The van der Waals surface area contributed by atoms with Crippen LogP contribution < -0.4 is 15.5 Å². The van der Waals surface area contributed by atoms with Crippen molar-refractivity contribution in [2.24, 2.45) is 10.1 Å². The minimum absolute atomic E-state index is 0.742. The lowest BCUT2D eigenvalue weighted by molar-refractivity contribution is 0.305. The third kappa shape index (κ3) is 5.39. The predicted molar refractivity (Wildman–Crippen MR) is 91.7 cm³/mol. The number of unbranched alkanes of at least 4 members (excludes halogenated alkanes) is 3. The zero-order valence-electron chi connectivity index (χ0n) is 13.6. The van der Waals surface area contributed by atoms with Crippen LogP contribution in [-0.4, -0.2) is 31.4 Å². The summed E-state index contributed by atoms with van der Waals surface area (Å²) in [6.45, 7) is 6.67. The van der Waals surface area contributed by atoms with Crippen molar-refractivity contribution in [2.45, 2.75) is 39.5 Å². The van der Waals surface area contributed by atoms with Gasteiger partial charge in [0.2, 0.25) is 5.96 Å². The number of hydrogen-bond acceptors (Lipinski definition) is 5. The number of hydrazone groups is 1.